The molecule has 0 atom stereocenters. The number of carbonyl (C=O) groups is 1. The molecule has 0 unspecified atom stereocenters. The van der Waals surface area contributed by atoms with Gasteiger partial charge in [-0.15, -0.1) is 6.42 Å². The average molecular weight is 358 g/mol. The van der Waals surface area contributed by atoms with Crippen molar-refractivity contribution in [3.63, 3.8) is 0 Å². The number of fused-ring (bicyclic) bond motifs is 2. The molecule has 0 saturated heterocycles. The molecule has 5 nitrogen and oxygen atoms in total. The van der Waals surface area contributed by atoms with Gasteiger partial charge in [-0.3, -0.25) is 4.79 Å². The second kappa shape index (κ2) is 6.81. The van der Waals surface area contributed by atoms with Crippen molar-refractivity contribution in [2.24, 2.45) is 0 Å². The second-order valence-electron chi connectivity index (χ2n) is 6.96. The summed E-state index contributed by atoms with van der Waals surface area (Å²) < 4.78 is 0. The van der Waals surface area contributed by atoms with Crippen molar-refractivity contribution in [1.82, 2.24) is 15.3 Å². The second-order valence-corrected chi connectivity index (χ2v) is 6.96. The number of aryl methyl sites for hydroxylation is 2. The summed E-state index contributed by atoms with van der Waals surface area (Å²) in [5.41, 5.74) is 6.29. The van der Waals surface area contributed by atoms with Gasteiger partial charge in [0.15, 0.2) is 5.82 Å². The molecule has 0 spiro atoms. The van der Waals surface area contributed by atoms with Gasteiger partial charge in [-0.2, -0.15) is 0 Å². The number of amides is 1. The summed E-state index contributed by atoms with van der Waals surface area (Å²) in [4.78, 5) is 22.9. The maximum absolute atomic E-state index is 12.5. The minimum absolute atomic E-state index is 0.191. The Morgan fingerprint density at radius 3 is 2.89 bits per heavy atom. The quantitative estimate of drug-likeness (QED) is 0.707. The van der Waals surface area contributed by atoms with Crippen LogP contribution in [0.4, 0.5) is 5.82 Å². The first-order valence-electron chi connectivity index (χ1n) is 9.11. The topological polar surface area (TPSA) is 61.0 Å². The highest BCUT2D eigenvalue weighted by molar-refractivity contribution is 6.01. The van der Waals surface area contributed by atoms with Crippen LogP contribution < -0.4 is 10.2 Å². The van der Waals surface area contributed by atoms with E-state index in [1.165, 1.54) is 11.1 Å². The van der Waals surface area contributed by atoms with Crippen molar-refractivity contribution >= 4 is 22.6 Å². The van der Waals surface area contributed by atoms with Crippen LogP contribution in [0.1, 0.15) is 32.9 Å². The van der Waals surface area contributed by atoms with Gasteiger partial charge < -0.3 is 15.2 Å². The molecular weight excluding hydrogens is 336 g/mol. The number of carbonyl (C=O) groups excluding carboxylic acids is 1. The number of rotatable bonds is 3. The number of pyridine rings is 1. The molecule has 0 bridgehead atoms. The average Bonchev–Trinajstić information content (AvgIpc) is 2.99. The lowest BCUT2D eigenvalue weighted by atomic mass is 10.00. The summed E-state index contributed by atoms with van der Waals surface area (Å²) in [5.74, 6) is 3.01. The fourth-order valence-corrected chi connectivity index (χ4v) is 3.68. The Bertz CT molecular complexity index is 1070. The van der Waals surface area contributed by atoms with E-state index in [0.29, 0.717) is 5.69 Å². The van der Waals surface area contributed by atoms with Crippen LogP contribution in [0.2, 0.25) is 0 Å². The third kappa shape index (κ3) is 3.04. The van der Waals surface area contributed by atoms with Gasteiger partial charge in [0.25, 0.3) is 5.91 Å². The van der Waals surface area contributed by atoms with E-state index in [1.54, 1.807) is 0 Å². The van der Waals surface area contributed by atoms with Crippen molar-refractivity contribution < 1.29 is 4.79 Å². The Labute approximate surface area is 158 Å². The molecule has 0 saturated carbocycles. The van der Waals surface area contributed by atoms with Crippen LogP contribution in [0.5, 0.6) is 0 Å². The number of benzene rings is 1. The number of hydrogen-bond acceptors (Lipinski definition) is 3. The molecule has 1 aromatic carbocycles. The number of terminal acetylenes is 1. The first-order chi connectivity index (χ1) is 13.1. The minimum atomic E-state index is -0.244. The molecule has 2 N–H and O–H groups in total. The highest BCUT2D eigenvalue weighted by atomic mass is 16.1. The van der Waals surface area contributed by atoms with Crippen LogP contribution >= 0.6 is 0 Å². The summed E-state index contributed by atoms with van der Waals surface area (Å²) in [6, 6.07) is 10.3. The van der Waals surface area contributed by atoms with E-state index in [4.69, 9.17) is 11.4 Å². The standard InChI is InChI=1S/C22H22N4O/c1-4-10-23-22(27)19-12-18-14(2)15(3)24-20(18)21(25-19)26-11-9-16-7-5-6-8-17(16)13-26/h1,5-8,12,24H,9-11,13H2,2-3H3,(H,23,27). The van der Waals surface area contributed by atoms with Gasteiger partial charge in [0.1, 0.15) is 5.69 Å². The molecule has 5 heteroatoms. The van der Waals surface area contributed by atoms with E-state index < -0.39 is 0 Å². The fourth-order valence-electron chi connectivity index (χ4n) is 3.68. The number of nitrogens with one attached hydrogen (secondary N) is 2. The van der Waals surface area contributed by atoms with Gasteiger partial charge in [-0.1, -0.05) is 30.2 Å². The number of aromatic nitrogens is 2. The third-order valence-electron chi connectivity index (χ3n) is 5.29. The molecule has 3 heterocycles. The van der Waals surface area contributed by atoms with Gasteiger partial charge in [0.05, 0.1) is 12.1 Å². The maximum atomic E-state index is 12.5. The largest absolute Gasteiger partial charge is 0.355 e. The Morgan fingerprint density at radius 2 is 2.11 bits per heavy atom. The van der Waals surface area contributed by atoms with E-state index in [0.717, 1.165) is 47.5 Å². The lowest BCUT2D eigenvalue weighted by Gasteiger charge is -2.30. The number of hydrogen-bond donors (Lipinski definition) is 2. The zero-order valence-electron chi connectivity index (χ0n) is 15.6. The number of aromatic amines is 1. The van der Waals surface area contributed by atoms with Crippen LogP contribution in [0.15, 0.2) is 30.3 Å². The molecule has 1 amide bonds. The smallest absolute Gasteiger partial charge is 0.270 e. The summed E-state index contributed by atoms with van der Waals surface area (Å²) in [7, 11) is 0. The molecular formula is C22H22N4O. The van der Waals surface area contributed by atoms with Gasteiger partial charge >= 0.3 is 0 Å². The van der Waals surface area contributed by atoms with E-state index in [1.807, 2.05) is 13.0 Å². The van der Waals surface area contributed by atoms with Crippen molar-refractivity contribution in [2.45, 2.75) is 26.8 Å². The minimum Gasteiger partial charge on any atom is -0.355 e. The maximum Gasteiger partial charge on any atom is 0.270 e. The molecule has 27 heavy (non-hydrogen) atoms. The lowest BCUT2D eigenvalue weighted by molar-refractivity contribution is 0.0954. The summed E-state index contributed by atoms with van der Waals surface area (Å²) in [6.45, 7) is 5.95. The molecule has 4 rings (SSSR count). The Balaban J connectivity index is 1.80. The highest BCUT2D eigenvalue weighted by Crippen LogP contribution is 2.32. The predicted molar refractivity (Wildman–Crippen MR) is 108 cm³/mol. The molecule has 136 valence electrons. The van der Waals surface area contributed by atoms with Crippen molar-refractivity contribution in [3.05, 3.63) is 58.4 Å². The summed E-state index contributed by atoms with van der Waals surface area (Å²) >= 11 is 0. The van der Waals surface area contributed by atoms with Gasteiger partial charge in [0.2, 0.25) is 0 Å². The number of H-pyrrole nitrogens is 1. The van der Waals surface area contributed by atoms with E-state index in [-0.39, 0.29) is 12.5 Å². The van der Waals surface area contributed by atoms with Crippen molar-refractivity contribution in [2.75, 3.05) is 18.0 Å². The zero-order chi connectivity index (χ0) is 19.0. The Kier molecular flexibility index (Phi) is 4.33. The summed E-state index contributed by atoms with van der Waals surface area (Å²) in [5, 5.41) is 3.75. The highest BCUT2D eigenvalue weighted by Gasteiger charge is 2.23. The van der Waals surface area contributed by atoms with Crippen LogP contribution in [0.3, 0.4) is 0 Å². The van der Waals surface area contributed by atoms with Crippen LogP contribution in [-0.4, -0.2) is 29.0 Å². The molecule has 1 aliphatic rings. The van der Waals surface area contributed by atoms with E-state index in [2.05, 4.69) is 52.3 Å². The van der Waals surface area contributed by atoms with E-state index >= 15 is 0 Å². The Morgan fingerprint density at radius 1 is 1.33 bits per heavy atom. The van der Waals surface area contributed by atoms with E-state index in [9.17, 15) is 4.79 Å². The lowest BCUT2D eigenvalue weighted by Crippen LogP contribution is -2.32. The number of anilines is 1. The normalized spacial score (nSPS) is 13.3. The van der Waals surface area contributed by atoms with Crippen LogP contribution in [-0.2, 0) is 13.0 Å². The fraction of sp³-hybridized carbons (Fsp3) is 0.273. The molecule has 0 radical (unpaired) electrons. The van der Waals surface area contributed by atoms with Crippen LogP contribution in [0.25, 0.3) is 10.9 Å². The first kappa shape index (κ1) is 17.2. The van der Waals surface area contributed by atoms with Gasteiger partial charge in [-0.25, -0.2) is 4.98 Å². The predicted octanol–water partition coefficient (Wildman–Crippen LogP) is 3.11. The first-order valence-corrected chi connectivity index (χ1v) is 9.11. The molecule has 0 aliphatic carbocycles. The number of nitrogens with zero attached hydrogens (tertiary/aromatic N) is 2. The monoisotopic (exact) mass is 358 g/mol. The van der Waals surface area contributed by atoms with Crippen molar-refractivity contribution in [1.29, 1.82) is 0 Å². The van der Waals surface area contributed by atoms with Crippen LogP contribution in [0, 0.1) is 26.2 Å². The third-order valence-corrected chi connectivity index (χ3v) is 5.29. The molecule has 1 aliphatic heterocycles. The van der Waals surface area contributed by atoms with Crippen molar-refractivity contribution in [3.8, 4) is 12.3 Å². The van der Waals surface area contributed by atoms with Gasteiger partial charge in [0, 0.05) is 24.2 Å². The SMILES string of the molecule is C#CCNC(=O)c1cc2c(C)c(C)[nH]c2c(N2CCc3ccccc3C2)n1. The molecule has 2 aromatic heterocycles. The molecule has 0 fully saturated rings. The zero-order valence-corrected chi connectivity index (χ0v) is 15.6. The summed E-state index contributed by atoms with van der Waals surface area (Å²) in [6.07, 6.45) is 6.23. The molecule has 3 aromatic rings. The van der Waals surface area contributed by atoms with Gasteiger partial charge in [-0.05, 0) is 43.0 Å². The Hall–Kier alpha value is -3.26.